The maximum atomic E-state index is 13.2. The number of phenols is 1. The molecular formula is C31H31N9O5. The number of phenolic OH excluding ortho intramolecular Hbond substituents is 1. The Morgan fingerprint density at radius 1 is 1.13 bits per heavy atom. The van der Waals surface area contributed by atoms with E-state index in [0.29, 0.717) is 17.2 Å². The van der Waals surface area contributed by atoms with Gasteiger partial charge in [0.05, 0.1) is 11.3 Å². The Bertz CT molecular complexity index is 2210. The molecule has 1 aliphatic rings. The number of aromatic amines is 1. The van der Waals surface area contributed by atoms with Crippen molar-refractivity contribution >= 4 is 22.5 Å². The van der Waals surface area contributed by atoms with Crippen molar-refractivity contribution in [3.63, 3.8) is 0 Å². The van der Waals surface area contributed by atoms with Crippen LogP contribution in [-0.2, 0) is 13.6 Å². The van der Waals surface area contributed by atoms with Gasteiger partial charge < -0.3 is 14.4 Å². The van der Waals surface area contributed by atoms with Crippen molar-refractivity contribution in [2.24, 2.45) is 13.0 Å². The summed E-state index contributed by atoms with van der Waals surface area (Å²) < 4.78 is 11.5. The quantitative estimate of drug-likeness (QED) is 0.203. The average Bonchev–Trinajstić information content (AvgIpc) is 3.82. The SMILES string of the molecule is CC(C)c1cc(-c2n[nH]c(=O)n2-c2ccc3c(ccn3CC3CCCC3)c2)c(O)cc1OC(=O)c1ncn2c(=O)n(C)nnc12. The number of fused-ring (bicyclic) bond motifs is 2. The highest BCUT2D eigenvalue weighted by atomic mass is 16.5. The minimum absolute atomic E-state index is 0.0542. The molecule has 6 aromatic rings. The van der Waals surface area contributed by atoms with Gasteiger partial charge in [0, 0.05) is 36.8 Å². The molecule has 230 valence electrons. The summed E-state index contributed by atoms with van der Waals surface area (Å²) in [6.07, 6.45) is 8.34. The van der Waals surface area contributed by atoms with Gasteiger partial charge in [0.1, 0.15) is 17.8 Å². The Kier molecular flexibility index (Phi) is 6.83. The number of carbonyl (C=O) groups excluding carboxylic acids is 1. The van der Waals surface area contributed by atoms with Crippen LogP contribution in [-0.4, -0.2) is 54.8 Å². The Morgan fingerprint density at radius 3 is 2.71 bits per heavy atom. The van der Waals surface area contributed by atoms with Crippen molar-refractivity contribution in [1.82, 2.24) is 43.7 Å². The van der Waals surface area contributed by atoms with Crippen molar-refractivity contribution < 1.29 is 14.6 Å². The summed E-state index contributed by atoms with van der Waals surface area (Å²) in [5.41, 5.74) is 1.29. The minimum atomic E-state index is -0.876. The van der Waals surface area contributed by atoms with Crippen LogP contribution in [0.5, 0.6) is 11.5 Å². The van der Waals surface area contributed by atoms with Crippen molar-refractivity contribution in [3.8, 4) is 28.6 Å². The normalized spacial score (nSPS) is 13.9. The van der Waals surface area contributed by atoms with Crippen LogP contribution in [0.25, 0.3) is 33.6 Å². The van der Waals surface area contributed by atoms with E-state index in [0.717, 1.165) is 26.5 Å². The van der Waals surface area contributed by atoms with E-state index < -0.39 is 17.3 Å². The van der Waals surface area contributed by atoms with Crippen LogP contribution >= 0.6 is 0 Å². The first kappa shape index (κ1) is 28.3. The highest BCUT2D eigenvalue weighted by Gasteiger charge is 2.25. The number of H-pyrrole nitrogens is 1. The van der Waals surface area contributed by atoms with Crippen LogP contribution in [0.15, 0.2) is 58.5 Å². The molecule has 0 unspecified atom stereocenters. The number of rotatable bonds is 7. The summed E-state index contributed by atoms with van der Waals surface area (Å²) in [6, 6.07) is 10.8. The maximum absolute atomic E-state index is 13.2. The zero-order chi connectivity index (χ0) is 31.4. The monoisotopic (exact) mass is 609 g/mol. The lowest BCUT2D eigenvalue weighted by atomic mass is 9.98. The minimum Gasteiger partial charge on any atom is -0.507 e. The summed E-state index contributed by atoms with van der Waals surface area (Å²) in [5, 5.41) is 26.5. The lowest BCUT2D eigenvalue weighted by Gasteiger charge is -2.16. The number of nitrogens with one attached hydrogen (secondary N) is 1. The van der Waals surface area contributed by atoms with Crippen molar-refractivity contribution in [2.75, 3.05) is 0 Å². The third kappa shape index (κ3) is 4.87. The molecule has 14 nitrogen and oxygen atoms in total. The van der Waals surface area contributed by atoms with Gasteiger partial charge in [-0.1, -0.05) is 31.9 Å². The highest BCUT2D eigenvalue weighted by Crippen LogP contribution is 2.39. The van der Waals surface area contributed by atoms with Crippen molar-refractivity contribution in [1.29, 1.82) is 0 Å². The molecule has 0 radical (unpaired) electrons. The second kappa shape index (κ2) is 10.9. The second-order valence-electron chi connectivity index (χ2n) is 11.8. The van der Waals surface area contributed by atoms with Crippen molar-refractivity contribution in [2.45, 2.75) is 52.0 Å². The number of ether oxygens (including phenoxy) is 1. The van der Waals surface area contributed by atoms with Crippen LogP contribution in [0.4, 0.5) is 0 Å². The number of esters is 1. The molecule has 2 N–H and O–H groups in total. The molecule has 0 amide bonds. The molecule has 2 aromatic carbocycles. The fourth-order valence-corrected chi connectivity index (χ4v) is 6.15. The predicted molar refractivity (Wildman–Crippen MR) is 164 cm³/mol. The Morgan fingerprint density at radius 2 is 1.93 bits per heavy atom. The summed E-state index contributed by atoms with van der Waals surface area (Å²) in [6.45, 7) is 4.78. The fraction of sp³-hybridized carbons (Fsp3) is 0.323. The smallest absolute Gasteiger partial charge is 0.366 e. The van der Waals surface area contributed by atoms with E-state index in [9.17, 15) is 19.5 Å². The molecule has 14 heteroatoms. The molecule has 45 heavy (non-hydrogen) atoms. The molecule has 0 aliphatic heterocycles. The van der Waals surface area contributed by atoms with Gasteiger partial charge in [-0.05, 0) is 60.6 Å². The fourth-order valence-electron chi connectivity index (χ4n) is 6.15. The van der Waals surface area contributed by atoms with Gasteiger partial charge >= 0.3 is 17.3 Å². The van der Waals surface area contributed by atoms with Crippen LogP contribution < -0.4 is 16.1 Å². The number of hydrogen-bond acceptors (Lipinski definition) is 9. The summed E-state index contributed by atoms with van der Waals surface area (Å²) in [5.74, 6) is -0.316. The van der Waals surface area contributed by atoms with Crippen LogP contribution in [0.2, 0.25) is 0 Å². The van der Waals surface area contributed by atoms with Gasteiger partial charge in [0.2, 0.25) is 0 Å². The molecule has 1 aliphatic carbocycles. The van der Waals surface area contributed by atoms with Gasteiger partial charge in [-0.15, -0.1) is 5.10 Å². The zero-order valence-corrected chi connectivity index (χ0v) is 25.0. The zero-order valence-electron chi connectivity index (χ0n) is 25.0. The van der Waals surface area contributed by atoms with Crippen molar-refractivity contribution in [3.05, 3.63) is 81.1 Å². The Balaban J connectivity index is 1.24. The summed E-state index contributed by atoms with van der Waals surface area (Å²) in [7, 11) is 1.43. The molecule has 0 spiro atoms. The standard InChI is InChI=1S/C31H31N9O5/c1-17(2)21-13-22(24(41)14-25(21)45-29(42)26-28-34-36-37(3)31(44)39(28)16-32-26)27-33-35-30(43)40(27)20-8-9-23-19(12-20)10-11-38(23)15-18-6-4-5-7-18/h8-14,16-18,41H,4-7,15H2,1-3H3,(H,35,43). The topological polar surface area (TPSA) is 167 Å². The number of aromatic nitrogens is 9. The average molecular weight is 610 g/mol. The predicted octanol–water partition coefficient (Wildman–Crippen LogP) is 3.56. The molecular weight excluding hydrogens is 578 g/mol. The first-order valence-electron chi connectivity index (χ1n) is 14.8. The van der Waals surface area contributed by atoms with E-state index in [1.54, 1.807) is 6.07 Å². The lowest BCUT2D eigenvalue weighted by molar-refractivity contribution is 0.0729. The number of aromatic hydroxyl groups is 1. The first-order chi connectivity index (χ1) is 21.7. The van der Waals surface area contributed by atoms with Gasteiger partial charge in [0.25, 0.3) is 0 Å². The Hall–Kier alpha value is -5.53. The largest absolute Gasteiger partial charge is 0.507 e. The molecule has 7 rings (SSSR count). The van der Waals surface area contributed by atoms with E-state index >= 15 is 0 Å². The molecule has 1 saturated carbocycles. The van der Waals surface area contributed by atoms with E-state index in [1.165, 1.54) is 49.7 Å². The third-order valence-electron chi connectivity index (χ3n) is 8.50. The Labute approximate surface area is 255 Å². The van der Waals surface area contributed by atoms with Crippen LogP contribution in [0.3, 0.4) is 0 Å². The summed E-state index contributed by atoms with van der Waals surface area (Å²) >= 11 is 0. The lowest BCUT2D eigenvalue weighted by Crippen LogP contribution is -2.27. The number of hydrogen-bond donors (Lipinski definition) is 2. The van der Waals surface area contributed by atoms with Gasteiger partial charge in [0.15, 0.2) is 17.2 Å². The van der Waals surface area contributed by atoms with E-state index in [-0.39, 0.29) is 40.1 Å². The second-order valence-corrected chi connectivity index (χ2v) is 11.8. The van der Waals surface area contributed by atoms with Gasteiger partial charge in [-0.25, -0.2) is 33.4 Å². The van der Waals surface area contributed by atoms with Gasteiger partial charge in [-0.3, -0.25) is 0 Å². The molecule has 0 bridgehead atoms. The molecule has 0 atom stereocenters. The van der Waals surface area contributed by atoms with E-state index in [1.807, 2.05) is 38.1 Å². The number of imidazole rings is 1. The third-order valence-corrected chi connectivity index (χ3v) is 8.50. The number of benzene rings is 2. The maximum Gasteiger partial charge on any atom is 0.366 e. The molecule has 1 fully saturated rings. The number of aryl methyl sites for hydroxylation is 1. The number of nitrogens with zero attached hydrogens (tertiary/aromatic N) is 8. The molecule has 4 heterocycles. The molecule has 4 aromatic heterocycles. The number of carbonyl (C=O) groups is 1. The van der Waals surface area contributed by atoms with Crippen LogP contribution in [0, 0.1) is 5.92 Å². The van der Waals surface area contributed by atoms with E-state index in [2.05, 4.69) is 36.3 Å². The summed E-state index contributed by atoms with van der Waals surface area (Å²) in [4.78, 5) is 42.5. The van der Waals surface area contributed by atoms with Gasteiger partial charge in [-0.2, -0.15) is 9.78 Å². The highest BCUT2D eigenvalue weighted by molar-refractivity contribution is 5.95. The first-order valence-corrected chi connectivity index (χ1v) is 14.8. The molecule has 0 saturated heterocycles. The van der Waals surface area contributed by atoms with Crippen LogP contribution in [0.1, 0.15) is 61.5 Å². The van der Waals surface area contributed by atoms with E-state index in [4.69, 9.17) is 4.74 Å².